The van der Waals surface area contributed by atoms with Gasteiger partial charge in [-0.3, -0.25) is 9.78 Å². The number of tetrazole rings is 1. The maximum Gasteiger partial charge on any atom is 0.254 e. The lowest BCUT2D eigenvalue weighted by molar-refractivity contribution is 0.0752. The highest BCUT2D eigenvalue weighted by atomic mass is 16.5. The largest absolute Gasteiger partial charge is 0.493 e. The lowest BCUT2D eigenvalue weighted by Gasteiger charge is -2.22. The lowest BCUT2D eigenvalue weighted by Crippen LogP contribution is -2.30. The van der Waals surface area contributed by atoms with Gasteiger partial charge in [0.05, 0.1) is 19.9 Å². The van der Waals surface area contributed by atoms with Gasteiger partial charge in [-0.25, -0.2) is 4.68 Å². The first-order valence-corrected chi connectivity index (χ1v) is 10.4. The molecule has 0 N–H and O–H groups in total. The number of aromatic nitrogens is 5. The quantitative estimate of drug-likeness (QED) is 0.411. The molecular formula is C24H24N6O3. The van der Waals surface area contributed by atoms with Crippen LogP contribution in [0.5, 0.6) is 11.5 Å². The second kappa shape index (κ2) is 9.90. The number of ether oxygens (including phenoxy) is 2. The summed E-state index contributed by atoms with van der Waals surface area (Å²) in [6, 6.07) is 15.0. The minimum Gasteiger partial charge on any atom is -0.493 e. The lowest BCUT2D eigenvalue weighted by atomic mass is 10.0. The highest BCUT2D eigenvalue weighted by Crippen LogP contribution is 2.33. The Hall–Kier alpha value is -4.27. The fraction of sp³-hybridized carbons (Fsp3) is 0.208. The Labute approximate surface area is 191 Å². The van der Waals surface area contributed by atoms with Crippen LogP contribution < -0.4 is 9.47 Å². The minimum absolute atomic E-state index is 0.0917. The van der Waals surface area contributed by atoms with Crippen LogP contribution in [0.25, 0.3) is 16.8 Å². The Bertz CT molecular complexity index is 1230. The molecule has 4 rings (SSSR count). The number of methoxy groups -OCH3 is 2. The van der Waals surface area contributed by atoms with E-state index in [1.807, 2.05) is 49.4 Å². The van der Waals surface area contributed by atoms with Gasteiger partial charge in [-0.15, -0.1) is 5.10 Å². The van der Waals surface area contributed by atoms with E-state index in [0.29, 0.717) is 35.8 Å². The molecule has 0 aliphatic heterocycles. The Morgan fingerprint density at radius 3 is 2.42 bits per heavy atom. The van der Waals surface area contributed by atoms with Crippen molar-refractivity contribution in [2.24, 2.45) is 0 Å². The molecule has 2 aromatic carbocycles. The van der Waals surface area contributed by atoms with Crippen LogP contribution in [-0.4, -0.2) is 56.8 Å². The summed E-state index contributed by atoms with van der Waals surface area (Å²) in [5, 5.41) is 11.4. The van der Waals surface area contributed by atoms with Crippen LogP contribution >= 0.6 is 0 Å². The first-order chi connectivity index (χ1) is 16.1. The predicted molar refractivity (Wildman–Crippen MR) is 122 cm³/mol. The Balaban J connectivity index is 1.76. The van der Waals surface area contributed by atoms with Crippen LogP contribution in [0.4, 0.5) is 0 Å². The van der Waals surface area contributed by atoms with E-state index >= 15 is 0 Å². The van der Waals surface area contributed by atoms with Gasteiger partial charge in [0, 0.05) is 31.0 Å². The molecule has 9 nitrogen and oxygen atoms in total. The fourth-order valence-electron chi connectivity index (χ4n) is 3.55. The summed E-state index contributed by atoms with van der Waals surface area (Å²) in [7, 11) is 3.18. The Kier molecular flexibility index (Phi) is 6.58. The molecule has 0 atom stereocenters. The second-order valence-electron chi connectivity index (χ2n) is 7.27. The summed E-state index contributed by atoms with van der Waals surface area (Å²) >= 11 is 0. The standard InChI is InChI=1S/C24H24N6O3/c1-4-29(15-17-7-9-25-10-8-17)24(31)20-11-19(12-21(13-20)30-16-26-27-28-30)18-5-6-22(32-2)23(14-18)33-3/h5-14,16H,4,15H2,1-3H3. The van der Waals surface area contributed by atoms with Crippen molar-refractivity contribution in [2.45, 2.75) is 13.5 Å². The molecule has 0 saturated heterocycles. The number of benzene rings is 2. The molecule has 0 radical (unpaired) electrons. The normalized spacial score (nSPS) is 10.6. The van der Waals surface area contributed by atoms with Crippen molar-refractivity contribution < 1.29 is 14.3 Å². The minimum atomic E-state index is -0.0917. The molecule has 168 valence electrons. The van der Waals surface area contributed by atoms with E-state index in [4.69, 9.17) is 9.47 Å². The van der Waals surface area contributed by atoms with E-state index in [-0.39, 0.29) is 5.91 Å². The number of amides is 1. The van der Waals surface area contributed by atoms with Gasteiger partial charge in [0.15, 0.2) is 11.5 Å². The molecular weight excluding hydrogens is 420 g/mol. The van der Waals surface area contributed by atoms with Gasteiger partial charge in [0.2, 0.25) is 0 Å². The van der Waals surface area contributed by atoms with Crippen molar-refractivity contribution >= 4 is 5.91 Å². The van der Waals surface area contributed by atoms with Crippen LogP contribution in [0.3, 0.4) is 0 Å². The number of carbonyl (C=O) groups is 1. The van der Waals surface area contributed by atoms with Gasteiger partial charge < -0.3 is 14.4 Å². The highest BCUT2D eigenvalue weighted by Gasteiger charge is 2.18. The average Bonchev–Trinajstić information content (AvgIpc) is 3.42. The second-order valence-corrected chi connectivity index (χ2v) is 7.27. The molecule has 0 aliphatic rings. The summed E-state index contributed by atoms with van der Waals surface area (Å²) < 4.78 is 12.3. The number of hydrogen-bond acceptors (Lipinski definition) is 7. The van der Waals surface area contributed by atoms with Crippen molar-refractivity contribution in [3.63, 3.8) is 0 Å². The van der Waals surface area contributed by atoms with Crippen molar-refractivity contribution in [3.05, 3.63) is 78.4 Å². The fourth-order valence-corrected chi connectivity index (χ4v) is 3.55. The smallest absolute Gasteiger partial charge is 0.254 e. The van der Waals surface area contributed by atoms with Gasteiger partial charge in [-0.1, -0.05) is 6.07 Å². The van der Waals surface area contributed by atoms with E-state index in [0.717, 1.165) is 16.7 Å². The summed E-state index contributed by atoms with van der Waals surface area (Å²) in [6.45, 7) is 3.00. The van der Waals surface area contributed by atoms with Crippen molar-refractivity contribution in [1.29, 1.82) is 0 Å². The van der Waals surface area contributed by atoms with E-state index in [1.54, 1.807) is 37.6 Å². The van der Waals surface area contributed by atoms with Crippen molar-refractivity contribution in [3.8, 4) is 28.3 Å². The molecule has 9 heteroatoms. The van der Waals surface area contributed by atoms with Gasteiger partial charge >= 0.3 is 0 Å². The highest BCUT2D eigenvalue weighted by molar-refractivity contribution is 5.96. The van der Waals surface area contributed by atoms with Gasteiger partial charge in [0.25, 0.3) is 5.91 Å². The molecule has 0 fully saturated rings. The van der Waals surface area contributed by atoms with E-state index in [2.05, 4.69) is 20.5 Å². The summed E-state index contributed by atoms with van der Waals surface area (Å²) in [5.41, 5.74) is 3.91. The summed E-state index contributed by atoms with van der Waals surface area (Å²) in [6.07, 6.45) is 4.94. The molecule has 33 heavy (non-hydrogen) atoms. The zero-order valence-corrected chi connectivity index (χ0v) is 18.7. The molecule has 2 heterocycles. The molecule has 4 aromatic rings. The maximum atomic E-state index is 13.5. The summed E-state index contributed by atoms with van der Waals surface area (Å²) in [4.78, 5) is 19.3. The monoisotopic (exact) mass is 444 g/mol. The topological polar surface area (TPSA) is 95.3 Å². The first-order valence-electron chi connectivity index (χ1n) is 10.4. The van der Waals surface area contributed by atoms with Crippen molar-refractivity contribution in [2.75, 3.05) is 20.8 Å². The van der Waals surface area contributed by atoms with Crippen molar-refractivity contribution in [1.82, 2.24) is 30.1 Å². The zero-order chi connectivity index (χ0) is 23.2. The number of carbonyl (C=O) groups excluding carboxylic acids is 1. The third kappa shape index (κ3) is 4.82. The van der Waals surface area contributed by atoms with Crippen LogP contribution in [0.2, 0.25) is 0 Å². The average molecular weight is 444 g/mol. The van der Waals surface area contributed by atoms with E-state index in [1.165, 1.54) is 11.0 Å². The number of hydrogen-bond donors (Lipinski definition) is 0. The third-order valence-corrected chi connectivity index (χ3v) is 5.29. The molecule has 0 unspecified atom stereocenters. The molecule has 0 bridgehead atoms. The number of pyridine rings is 1. The predicted octanol–water partition coefficient (Wildman–Crippen LogP) is 3.40. The molecule has 2 aromatic heterocycles. The zero-order valence-electron chi connectivity index (χ0n) is 18.7. The SMILES string of the molecule is CCN(Cc1ccncc1)C(=O)c1cc(-c2ccc(OC)c(OC)c2)cc(-n2cnnn2)c1. The number of nitrogens with zero attached hydrogens (tertiary/aromatic N) is 6. The molecule has 1 amide bonds. The molecule has 0 aliphatic carbocycles. The molecule has 0 spiro atoms. The van der Waals surface area contributed by atoms with E-state index < -0.39 is 0 Å². The number of rotatable bonds is 8. The Morgan fingerprint density at radius 2 is 1.76 bits per heavy atom. The van der Waals surface area contributed by atoms with Crippen LogP contribution in [0, 0.1) is 0 Å². The van der Waals surface area contributed by atoms with Crippen LogP contribution in [-0.2, 0) is 6.54 Å². The molecule has 0 saturated carbocycles. The van der Waals surface area contributed by atoms with Gasteiger partial charge in [-0.2, -0.15) is 0 Å². The van der Waals surface area contributed by atoms with Gasteiger partial charge in [0.1, 0.15) is 6.33 Å². The van der Waals surface area contributed by atoms with Crippen LogP contribution in [0.15, 0.2) is 67.3 Å². The first kappa shape index (κ1) is 21.9. The van der Waals surface area contributed by atoms with Gasteiger partial charge in [-0.05, 0) is 76.5 Å². The third-order valence-electron chi connectivity index (χ3n) is 5.29. The summed E-state index contributed by atoms with van der Waals surface area (Å²) in [5.74, 6) is 1.14. The van der Waals surface area contributed by atoms with Crippen LogP contribution in [0.1, 0.15) is 22.8 Å². The maximum absolute atomic E-state index is 13.5. The Morgan fingerprint density at radius 1 is 0.970 bits per heavy atom. The van der Waals surface area contributed by atoms with E-state index in [9.17, 15) is 4.79 Å².